The molecule has 26 heavy (non-hydrogen) atoms. The van der Waals surface area contributed by atoms with Crippen molar-refractivity contribution < 1.29 is 9.18 Å². The Morgan fingerprint density at radius 3 is 2.46 bits per heavy atom. The van der Waals surface area contributed by atoms with Crippen LogP contribution in [-0.2, 0) is 11.2 Å². The number of hydrogen-bond donors (Lipinski definition) is 1. The molecule has 0 aliphatic carbocycles. The van der Waals surface area contributed by atoms with E-state index >= 15 is 0 Å². The van der Waals surface area contributed by atoms with Gasteiger partial charge in [0, 0.05) is 23.7 Å². The van der Waals surface area contributed by atoms with Crippen LogP contribution in [0.25, 0.3) is 5.69 Å². The van der Waals surface area contributed by atoms with Gasteiger partial charge in [-0.1, -0.05) is 0 Å². The molecule has 0 bridgehead atoms. The summed E-state index contributed by atoms with van der Waals surface area (Å²) in [6.45, 7) is 5.73. The van der Waals surface area contributed by atoms with E-state index in [0.29, 0.717) is 0 Å². The number of pyridine rings is 1. The molecule has 0 spiro atoms. The van der Waals surface area contributed by atoms with Crippen molar-refractivity contribution in [1.29, 1.82) is 0 Å². The van der Waals surface area contributed by atoms with E-state index in [4.69, 9.17) is 0 Å². The molecule has 0 saturated heterocycles. The molecule has 2 aromatic heterocycles. The van der Waals surface area contributed by atoms with E-state index in [1.165, 1.54) is 12.1 Å². The maximum Gasteiger partial charge on any atom is 0.225 e. The van der Waals surface area contributed by atoms with Crippen LogP contribution in [0.2, 0.25) is 0 Å². The second kappa shape index (κ2) is 7.47. The molecular formula is C20H21FN4O. The average Bonchev–Trinajstić information content (AvgIpc) is 2.91. The number of aromatic nitrogens is 3. The van der Waals surface area contributed by atoms with Crippen LogP contribution in [0.15, 0.2) is 48.8 Å². The van der Waals surface area contributed by atoms with Gasteiger partial charge in [-0.25, -0.2) is 9.07 Å². The maximum atomic E-state index is 13.1. The highest BCUT2D eigenvalue weighted by Crippen LogP contribution is 2.19. The van der Waals surface area contributed by atoms with E-state index < -0.39 is 0 Å². The van der Waals surface area contributed by atoms with Crippen LogP contribution in [0.3, 0.4) is 0 Å². The molecule has 0 fully saturated rings. The number of hydrogen-bond acceptors (Lipinski definition) is 3. The summed E-state index contributed by atoms with van der Waals surface area (Å²) in [6, 6.07) is 9.80. The number of amides is 1. The highest BCUT2D eigenvalue weighted by Gasteiger charge is 2.17. The van der Waals surface area contributed by atoms with Crippen LogP contribution >= 0.6 is 0 Å². The monoisotopic (exact) mass is 352 g/mol. The van der Waals surface area contributed by atoms with E-state index in [0.717, 1.165) is 28.2 Å². The summed E-state index contributed by atoms with van der Waals surface area (Å²) in [7, 11) is 0. The number of carbonyl (C=O) groups excluding carboxylic acids is 1. The molecular weight excluding hydrogens is 331 g/mol. The minimum atomic E-state index is -0.292. The van der Waals surface area contributed by atoms with E-state index in [9.17, 15) is 9.18 Å². The fraction of sp³-hybridized carbons (Fsp3) is 0.250. The minimum absolute atomic E-state index is 0.0702. The third-order valence-electron chi connectivity index (χ3n) is 4.43. The number of rotatable bonds is 5. The lowest BCUT2D eigenvalue weighted by atomic mass is 10.1. The van der Waals surface area contributed by atoms with E-state index in [-0.39, 0.29) is 24.2 Å². The Labute approximate surface area is 151 Å². The number of benzene rings is 1. The zero-order chi connectivity index (χ0) is 18.7. The Morgan fingerprint density at radius 1 is 1.15 bits per heavy atom. The molecule has 0 radical (unpaired) electrons. The molecule has 5 nitrogen and oxygen atoms in total. The Kier molecular flexibility index (Phi) is 5.11. The largest absolute Gasteiger partial charge is 0.349 e. The van der Waals surface area contributed by atoms with Gasteiger partial charge in [0.25, 0.3) is 0 Å². The van der Waals surface area contributed by atoms with Crippen LogP contribution in [0, 0.1) is 19.7 Å². The molecule has 0 aliphatic heterocycles. The quantitative estimate of drug-likeness (QED) is 0.765. The molecule has 0 unspecified atom stereocenters. The van der Waals surface area contributed by atoms with Gasteiger partial charge in [-0.2, -0.15) is 5.10 Å². The minimum Gasteiger partial charge on any atom is -0.349 e. The van der Waals surface area contributed by atoms with Crippen LogP contribution in [0.1, 0.15) is 35.5 Å². The molecule has 3 rings (SSSR count). The van der Waals surface area contributed by atoms with Crippen molar-refractivity contribution >= 4 is 5.91 Å². The summed E-state index contributed by atoms with van der Waals surface area (Å²) in [4.78, 5) is 16.5. The van der Waals surface area contributed by atoms with Gasteiger partial charge in [-0.15, -0.1) is 0 Å². The zero-order valence-electron chi connectivity index (χ0n) is 15.0. The van der Waals surface area contributed by atoms with Crippen molar-refractivity contribution in [2.75, 3.05) is 0 Å². The number of carbonyl (C=O) groups is 1. The fourth-order valence-electron chi connectivity index (χ4n) is 2.95. The summed E-state index contributed by atoms with van der Waals surface area (Å²) in [5.74, 6) is -0.362. The first-order chi connectivity index (χ1) is 12.5. The van der Waals surface area contributed by atoms with E-state index in [1.54, 1.807) is 29.2 Å². The van der Waals surface area contributed by atoms with Gasteiger partial charge in [0.2, 0.25) is 5.91 Å². The van der Waals surface area contributed by atoms with Crippen LogP contribution in [0.5, 0.6) is 0 Å². The average molecular weight is 352 g/mol. The molecule has 1 atom stereocenters. The normalized spacial score (nSPS) is 12.0. The van der Waals surface area contributed by atoms with Crippen molar-refractivity contribution in [2.24, 2.45) is 0 Å². The smallest absolute Gasteiger partial charge is 0.225 e. The van der Waals surface area contributed by atoms with Crippen LogP contribution in [0.4, 0.5) is 4.39 Å². The van der Waals surface area contributed by atoms with E-state index in [1.807, 2.05) is 32.9 Å². The first-order valence-corrected chi connectivity index (χ1v) is 8.46. The highest BCUT2D eigenvalue weighted by molar-refractivity contribution is 5.79. The fourth-order valence-corrected chi connectivity index (χ4v) is 2.95. The van der Waals surface area contributed by atoms with Crippen LogP contribution in [-0.4, -0.2) is 20.7 Å². The summed E-state index contributed by atoms with van der Waals surface area (Å²) in [6.07, 6.45) is 3.66. The predicted octanol–water partition coefficient (Wildman–Crippen LogP) is 3.44. The number of halogens is 1. The van der Waals surface area contributed by atoms with Crippen molar-refractivity contribution in [2.45, 2.75) is 33.2 Å². The summed E-state index contributed by atoms with van der Waals surface area (Å²) in [5.41, 5.74) is 4.32. The van der Waals surface area contributed by atoms with Crippen LogP contribution < -0.4 is 5.32 Å². The Morgan fingerprint density at radius 2 is 1.81 bits per heavy atom. The summed E-state index contributed by atoms with van der Waals surface area (Å²) in [5, 5.41) is 7.51. The van der Waals surface area contributed by atoms with Crippen molar-refractivity contribution in [1.82, 2.24) is 20.1 Å². The molecule has 0 saturated carbocycles. The standard InChI is InChI=1S/C20H21FN4O/c1-13(16-8-10-22-11-9-16)23-20(26)12-19-14(2)24-25(15(19)3)18-6-4-17(21)5-7-18/h4-11,13H,12H2,1-3H3,(H,23,26)/t13-/m1/s1. The molecule has 2 heterocycles. The first kappa shape index (κ1) is 17.8. The molecule has 3 aromatic rings. The third-order valence-corrected chi connectivity index (χ3v) is 4.43. The molecule has 1 aromatic carbocycles. The van der Waals surface area contributed by atoms with Gasteiger partial charge in [0.1, 0.15) is 5.82 Å². The number of nitrogens with one attached hydrogen (secondary N) is 1. The highest BCUT2D eigenvalue weighted by atomic mass is 19.1. The lowest BCUT2D eigenvalue weighted by Crippen LogP contribution is -2.28. The first-order valence-electron chi connectivity index (χ1n) is 8.46. The van der Waals surface area contributed by atoms with Gasteiger partial charge in [-0.3, -0.25) is 9.78 Å². The third kappa shape index (κ3) is 3.79. The lowest BCUT2D eigenvalue weighted by Gasteiger charge is -2.14. The molecule has 1 N–H and O–H groups in total. The lowest BCUT2D eigenvalue weighted by molar-refractivity contribution is -0.121. The molecule has 134 valence electrons. The zero-order valence-corrected chi connectivity index (χ0v) is 15.0. The number of aryl methyl sites for hydroxylation is 1. The topological polar surface area (TPSA) is 59.8 Å². The van der Waals surface area contributed by atoms with Gasteiger partial charge in [-0.05, 0) is 62.7 Å². The van der Waals surface area contributed by atoms with Gasteiger partial charge >= 0.3 is 0 Å². The maximum absolute atomic E-state index is 13.1. The van der Waals surface area contributed by atoms with E-state index in [2.05, 4.69) is 15.4 Å². The second-order valence-electron chi connectivity index (χ2n) is 6.28. The number of nitrogens with zero attached hydrogens (tertiary/aromatic N) is 3. The SMILES string of the molecule is Cc1nn(-c2ccc(F)cc2)c(C)c1CC(=O)N[C@H](C)c1ccncc1. The second-order valence-corrected chi connectivity index (χ2v) is 6.28. The molecule has 6 heteroatoms. The van der Waals surface area contributed by atoms with Crippen molar-refractivity contribution in [3.8, 4) is 5.69 Å². The Balaban J connectivity index is 1.75. The van der Waals surface area contributed by atoms with Crippen molar-refractivity contribution in [3.05, 3.63) is 77.1 Å². The van der Waals surface area contributed by atoms with Gasteiger partial charge in [0.05, 0.1) is 23.8 Å². The summed E-state index contributed by atoms with van der Waals surface area (Å²) < 4.78 is 14.9. The summed E-state index contributed by atoms with van der Waals surface area (Å²) >= 11 is 0. The van der Waals surface area contributed by atoms with Crippen molar-refractivity contribution in [3.63, 3.8) is 0 Å². The molecule has 1 amide bonds. The van der Waals surface area contributed by atoms with Gasteiger partial charge < -0.3 is 5.32 Å². The Bertz CT molecular complexity index is 904. The van der Waals surface area contributed by atoms with Gasteiger partial charge in [0.15, 0.2) is 0 Å². The molecule has 0 aliphatic rings. The predicted molar refractivity (Wildman–Crippen MR) is 97.5 cm³/mol. The Hall–Kier alpha value is -3.02.